The molecule has 4 heterocycles. The third-order valence-corrected chi connectivity index (χ3v) is 9.10. The van der Waals surface area contributed by atoms with E-state index in [1.807, 2.05) is 0 Å². The van der Waals surface area contributed by atoms with E-state index < -0.39 is 63.1 Å². The van der Waals surface area contributed by atoms with Gasteiger partial charge in [-0.25, -0.2) is 28.3 Å². The van der Waals surface area contributed by atoms with Crippen LogP contribution in [0, 0.1) is 11.6 Å². The summed E-state index contributed by atoms with van der Waals surface area (Å²) in [4.78, 5) is 41.1. The van der Waals surface area contributed by atoms with Gasteiger partial charge in [-0.15, -0.1) is 0 Å². The highest BCUT2D eigenvalue weighted by Gasteiger charge is 2.45. The van der Waals surface area contributed by atoms with Gasteiger partial charge in [0.15, 0.2) is 10.9 Å². The SMILES string of the molecule is CC(C)(C)OC(=O)Nc1nc2c(-c3c(C(F)(F)F)cc4c(N5CC6CCC(C5)N6C(=O)OC(C)(C)C)nc(Cl)nc4c3F)ccc(F)c2s1. The normalized spacial score (nSPS) is 18.4. The molecule has 49 heavy (non-hydrogen) atoms. The van der Waals surface area contributed by atoms with Crippen LogP contribution in [0.4, 0.5) is 42.5 Å². The Labute approximate surface area is 286 Å². The van der Waals surface area contributed by atoms with Crippen molar-refractivity contribution in [1.82, 2.24) is 19.9 Å². The fraction of sp³-hybridized carbons (Fsp3) is 0.469. The Hall–Kier alpha value is -4.05. The third kappa shape index (κ3) is 6.89. The minimum Gasteiger partial charge on any atom is -0.444 e. The largest absolute Gasteiger partial charge is 0.444 e. The second-order valence-electron chi connectivity index (χ2n) is 13.9. The molecule has 2 aliphatic rings. The van der Waals surface area contributed by atoms with Crippen LogP contribution in [0.25, 0.3) is 32.2 Å². The topological polar surface area (TPSA) is 110 Å². The average molecular weight is 727 g/mol. The van der Waals surface area contributed by atoms with Crippen LogP contribution < -0.4 is 10.2 Å². The number of nitrogens with one attached hydrogen (secondary N) is 1. The van der Waals surface area contributed by atoms with Crippen LogP contribution in [0.1, 0.15) is 59.9 Å². The smallest absolute Gasteiger partial charge is 0.417 e. The van der Waals surface area contributed by atoms with Crippen LogP contribution in [-0.2, 0) is 15.7 Å². The maximum absolute atomic E-state index is 16.7. The van der Waals surface area contributed by atoms with Crippen molar-refractivity contribution < 1.29 is 41.0 Å². The zero-order valence-corrected chi connectivity index (χ0v) is 28.8. The third-order valence-electron chi connectivity index (χ3n) is 7.95. The van der Waals surface area contributed by atoms with E-state index >= 15 is 4.39 Å². The number of hydrogen-bond donors (Lipinski definition) is 1. The molecule has 2 atom stereocenters. The number of carbonyl (C=O) groups excluding carboxylic acids is 2. The van der Waals surface area contributed by atoms with E-state index in [0.717, 1.165) is 18.2 Å². The van der Waals surface area contributed by atoms with Crippen LogP contribution in [0.15, 0.2) is 18.2 Å². The number of piperazine rings is 1. The van der Waals surface area contributed by atoms with Crippen molar-refractivity contribution in [3.63, 3.8) is 0 Å². The second-order valence-corrected chi connectivity index (χ2v) is 15.3. The van der Waals surface area contributed by atoms with Crippen molar-refractivity contribution in [2.45, 2.75) is 83.8 Å². The molecule has 2 unspecified atom stereocenters. The first kappa shape index (κ1) is 34.8. The van der Waals surface area contributed by atoms with E-state index in [4.69, 9.17) is 21.1 Å². The minimum atomic E-state index is -5.09. The van der Waals surface area contributed by atoms with E-state index in [1.165, 1.54) is 0 Å². The quantitative estimate of drug-likeness (QED) is 0.165. The standard InChI is InChI=1S/C32H32ClF5N6O4S/c1-30(2,3)47-28(45)42-27-40-23-16(9-10-19(34)24(23)49-27)20-18(32(36,37)38)11-17-22(21(20)35)39-26(33)41-25(17)43-12-14-7-8-15(13-43)44(14)29(46)48-31(4,5)6/h9-11,14-15H,7-8,12-13H2,1-6H3,(H,40,42,45). The Morgan fingerprint density at radius 2 is 1.57 bits per heavy atom. The Balaban J connectivity index is 1.46. The zero-order valence-electron chi connectivity index (χ0n) is 27.3. The van der Waals surface area contributed by atoms with Crippen molar-refractivity contribution in [3.8, 4) is 11.1 Å². The summed E-state index contributed by atoms with van der Waals surface area (Å²) in [6.07, 6.45) is -5.24. The molecule has 2 saturated heterocycles. The van der Waals surface area contributed by atoms with Crippen LogP contribution in [0.3, 0.4) is 0 Å². The highest BCUT2D eigenvalue weighted by atomic mass is 35.5. The Kier molecular flexibility index (Phi) is 8.57. The molecule has 2 amide bonds. The van der Waals surface area contributed by atoms with Gasteiger partial charge in [-0.2, -0.15) is 18.2 Å². The molecule has 2 aromatic heterocycles. The summed E-state index contributed by atoms with van der Waals surface area (Å²) in [5.74, 6) is -2.22. The van der Waals surface area contributed by atoms with Crippen molar-refractivity contribution in [2.75, 3.05) is 23.3 Å². The number of aromatic nitrogens is 3. The van der Waals surface area contributed by atoms with Crippen molar-refractivity contribution in [2.24, 2.45) is 0 Å². The fourth-order valence-corrected chi connectivity index (χ4v) is 7.27. The van der Waals surface area contributed by atoms with E-state index in [1.54, 1.807) is 51.3 Å². The van der Waals surface area contributed by atoms with Crippen LogP contribution in [-0.4, -0.2) is 68.4 Å². The molecule has 10 nitrogen and oxygen atoms in total. The molecule has 0 aliphatic carbocycles. The molecule has 4 aromatic rings. The number of amides is 2. The highest BCUT2D eigenvalue weighted by molar-refractivity contribution is 7.22. The molecule has 262 valence electrons. The molecule has 17 heteroatoms. The lowest BCUT2D eigenvalue weighted by Gasteiger charge is -2.42. The lowest BCUT2D eigenvalue weighted by Crippen LogP contribution is -2.57. The average Bonchev–Trinajstić information content (AvgIpc) is 3.49. The van der Waals surface area contributed by atoms with Gasteiger partial charge in [0.1, 0.15) is 28.4 Å². The molecule has 2 aromatic carbocycles. The van der Waals surface area contributed by atoms with E-state index in [9.17, 15) is 27.2 Å². The molecule has 2 bridgehead atoms. The van der Waals surface area contributed by atoms with Gasteiger partial charge in [-0.05, 0) is 84.2 Å². The minimum absolute atomic E-state index is 0.0200. The number of nitrogens with zero attached hydrogens (tertiary/aromatic N) is 5. The lowest BCUT2D eigenvalue weighted by atomic mass is 9.95. The summed E-state index contributed by atoms with van der Waals surface area (Å²) < 4.78 is 86.7. The summed E-state index contributed by atoms with van der Waals surface area (Å²) in [7, 11) is 0. The maximum Gasteiger partial charge on any atom is 0.417 e. The number of hydrogen-bond acceptors (Lipinski definition) is 9. The first-order valence-corrected chi connectivity index (χ1v) is 16.5. The number of fused-ring (bicyclic) bond motifs is 4. The molecule has 0 radical (unpaired) electrons. The van der Waals surface area contributed by atoms with E-state index in [0.29, 0.717) is 24.2 Å². The van der Waals surface area contributed by atoms with Gasteiger partial charge in [0.2, 0.25) is 5.28 Å². The number of halogens is 6. The number of ether oxygens (including phenoxy) is 2. The molecular weight excluding hydrogens is 695 g/mol. The number of thiazole rings is 1. The first-order valence-electron chi connectivity index (χ1n) is 15.3. The van der Waals surface area contributed by atoms with Gasteiger partial charge in [0.05, 0.1) is 27.9 Å². The predicted octanol–water partition coefficient (Wildman–Crippen LogP) is 8.79. The van der Waals surface area contributed by atoms with Crippen molar-refractivity contribution in [1.29, 1.82) is 0 Å². The molecule has 2 aliphatic heterocycles. The monoisotopic (exact) mass is 726 g/mol. The van der Waals surface area contributed by atoms with E-state index in [-0.39, 0.29) is 57.3 Å². The first-order chi connectivity index (χ1) is 22.7. The molecule has 2 fully saturated rings. The summed E-state index contributed by atoms with van der Waals surface area (Å²) in [5.41, 5.74) is -5.07. The number of alkyl halides is 3. The number of anilines is 2. The Morgan fingerprint density at radius 1 is 0.939 bits per heavy atom. The van der Waals surface area contributed by atoms with Gasteiger partial charge in [-0.3, -0.25) is 10.2 Å². The van der Waals surface area contributed by atoms with Gasteiger partial charge in [0, 0.05) is 29.6 Å². The Bertz CT molecular complexity index is 1980. The van der Waals surface area contributed by atoms with Crippen LogP contribution in [0.2, 0.25) is 5.28 Å². The van der Waals surface area contributed by atoms with Crippen LogP contribution in [0.5, 0.6) is 0 Å². The zero-order chi connectivity index (χ0) is 35.8. The van der Waals surface area contributed by atoms with Gasteiger partial charge in [0.25, 0.3) is 0 Å². The summed E-state index contributed by atoms with van der Waals surface area (Å²) in [6, 6.07) is 1.98. The number of benzene rings is 2. The van der Waals surface area contributed by atoms with Gasteiger partial charge < -0.3 is 14.4 Å². The summed E-state index contributed by atoms with van der Waals surface area (Å²) in [6.45, 7) is 10.5. The fourth-order valence-electron chi connectivity index (χ4n) is 6.22. The summed E-state index contributed by atoms with van der Waals surface area (Å²) in [5, 5.41) is 1.54. The molecule has 1 N–H and O–H groups in total. The maximum atomic E-state index is 16.7. The number of carbonyl (C=O) groups is 2. The molecule has 0 spiro atoms. The molecular formula is C32H32ClF5N6O4S. The highest BCUT2D eigenvalue weighted by Crippen LogP contribution is 2.46. The number of rotatable bonds is 3. The van der Waals surface area contributed by atoms with E-state index in [2.05, 4.69) is 20.3 Å². The van der Waals surface area contributed by atoms with Gasteiger partial charge >= 0.3 is 18.4 Å². The second kappa shape index (κ2) is 12.1. The predicted molar refractivity (Wildman–Crippen MR) is 175 cm³/mol. The van der Waals surface area contributed by atoms with Crippen molar-refractivity contribution in [3.05, 3.63) is 40.7 Å². The molecule has 0 saturated carbocycles. The summed E-state index contributed by atoms with van der Waals surface area (Å²) >= 11 is 6.91. The van der Waals surface area contributed by atoms with Gasteiger partial charge in [-0.1, -0.05) is 11.3 Å². The lowest BCUT2D eigenvalue weighted by molar-refractivity contribution is -0.137. The Morgan fingerprint density at radius 3 is 2.16 bits per heavy atom. The molecule has 6 rings (SSSR count). The van der Waals surface area contributed by atoms with Crippen LogP contribution >= 0.6 is 22.9 Å². The van der Waals surface area contributed by atoms with Crippen molar-refractivity contribution >= 4 is 67.2 Å².